The second kappa shape index (κ2) is 4.95. The van der Waals surface area contributed by atoms with E-state index in [1.807, 2.05) is 32.2 Å². The highest BCUT2D eigenvalue weighted by Gasteiger charge is 2.30. The number of aromatic nitrogens is 2. The summed E-state index contributed by atoms with van der Waals surface area (Å²) in [6.07, 6.45) is 0. The van der Waals surface area contributed by atoms with Gasteiger partial charge < -0.3 is 14.8 Å². The molecule has 1 aromatic heterocycles. The molecule has 0 saturated heterocycles. The molecule has 7 heteroatoms. The summed E-state index contributed by atoms with van der Waals surface area (Å²) < 4.78 is 12.6. The fourth-order valence-corrected chi connectivity index (χ4v) is 4.06. The van der Waals surface area contributed by atoms with Gasteiger partial charge in [-0.15, -0.1) is 11.8 Å². The Morgan fingerprint density at radius 2 is 2.18 bits per heavy atom. The van der Waals surface area contributed by atoms with Crippen LogP contribution in [-0.4, -0.2) is 28.2 Å². The van der Waals surface area contributed by atoms with Crippen LogP contribution < -0.4 is 14.8 Å². The summed E-state index contributed by atoms with van der Waals surface area (Å²) in [6, 6.07) is 5.94. The Kier molecular flexibility index (Phi) is 3.04. The van der Waals surface area contributed by atoms with Gasteiger partial charge >= 0.3 is 0 Å². The first-order valence-corrected chi connectivity index (χ1v) is 8.03. The van der Waals surface area contributed by atoms with Crippen LogP contribution in [0.4, 0.5) is 5.82 Å². The van der Waals surface area contributed by atoms with Crippen molar-refractivity contribution in [2.45, 2.75) is 12.2 Å². The van der Waals surface area contributed by atoms with Gasteiger partial charge in [0, 0.05) is 12.6 Å². The number of anilines is 1. The van der Waals surface area contributed by atoms with Crippen LogP contribution in [0.3, 0.4) is 0 Å². The van der Waals surface area contributed by atoms with Gasteiger partial charge in [-0.05, 0) is 24.6 Å². The zero-order valence-electron chi connectivity index (χ0n) is 12.3. The van der Waals surface area contributed by atoms with Gasteiger partial charge in [0.2, 0.25) is 12.7 Å². The van der Waals surface area contributed by atoms with Gasteiger partial charge in [0.1, 0.15) is 5.82 Å². The van der Waals surface area contributed by atoms with Crippen molar-refractivity contribution in [2.75, 3.05) is 17.9 Å². The van der Waals surface area contributed by atoms with Gasteiger partial charge in [-0.25, -0.2) is 0 Å². The van der Waals surface area contributed by atoms with Crippen LogP contribution in [0.1, 0.15) is 22.1 Å². The number of carbonyl (C=O) groups excluding carboxylic acids is 1. The average Bonchev–Trinajstić information content (AvgIpc) is 3.00. The molecule has 1 atom stereocenters. The van der Waals surface area contributed by atoms with Crippen molar-refractivity contribution in [3.05, 3.63) is 35.0 Å². The smallest absolute Gasteiger partial charge is 0.235 e. The summed E-state index contributed by atoms with van der Waals surface area (Å²) in [6.45, 7) is 2.23. The predicted octanol–water partition coefficient (Wildman–Crippen LogP) is 2.23. The second-order valence-electron chi connectivity index (χ2n) is 5.32. The van der Waals surface area contributed by atoms with Crippen LogP contribution in [0.5, 0.6) is 11.5 Å². The Labute approximate surface area is 131 Å². The lowest BCUT2D eigenvalue weighted by molar-refractivity contribution is -0.113. The molecule has 3 heterocycles. The summed E-state index contributed by atoms with van der Waals surface area (Å²) >= 11 is 1.60. The van der Waals surface area contributed by atoms with Crippen molar-refractivity contribution in [3.63, 3.8) is 0 Å². The largest absolute Gasteiger partial charge is 0.454 e. The number of hydrogen-bond acceptors (Lipinski definition) is 5. The number of carbonyl (C=O) groups is 1. The van der Waals surface area contributed by atoms with E-state index in [9.17, 15) is 4.79 Å². The van der Waals surface area contributed by atoms with E-state index in [4.69, 9.17) is 9.47 Å². The number of ether oxygens (including phenoxy) is 2. The molecule has 0 radical (unpaired) electrons. The minimum Gasteiger partial charge on any atom is -0.454 e. The number of hydrogen-bond donors (Lipinski definition) is 1. The molecular formula is C15H15N3O3S. The van der Waals surface area contributed by atoms with Gasteiger partial charge in [-0.1, -0.05) is 6.07 Å². The molecule has 0 unspecified atom stereocenters. The first-order valence-electron chi connectivity index (χ1n) is 6.98. The van der Waals surface area contributed by atoms with E-state index in [1.165, 1.54) is 0 Å². The van der Waals surface area contributed by atoms with E-state index in [2.05, 4.69) is 10.4 Å². The quantitative estimate of drug-likeness (QED) is 0.874. The third-order valence-corrected chi connectivity index (χ3v) is 5.14. The van der Waals surface area contributed by atoms with Crippen LogP contribution in [0.15, 0.2) is 18.2 Å². The Morgan fingerprint density at radius 3 is 3.05 bits per heavy atom. The highest BCUT2D eigenvalue weighted by molar-refractivity contribution is 8.00. The van der Waals surface area contributed by atoms with Crippen molar-refractivity contribution in [1.82, 2.24) is 9.78 Å². The molecular weight excluding hydrogens is 302 g/mol. The molecule has 2 aromatic rings. The molecule has 2 aliphatic rings. The number of nitrogens with one attached hydrogen (secondary N) is 1. The highest BCUT2D eigenvalue weighted by atomic mass is 32.2. The number of nitrogens with zero attached hydrogens (tertiary/aromatic N) is 2. The van der Waals surface area contributed by atoms with Gasteiger partial charge in [-0.2, -0.15) is 5.10 Å². The van der Waals surface area contributed by atoms with E-state index in [0.717, 1.165) is 34.1 Å². The topological polar surface area (TPSA) is 65.4 Å². The van der Waals surface area contributed by atoms with E-state index >= 15 is 0 Å². The Balaban J connectivity index is 1.83. The first-order chi connectivity index (χ1) is 10.6. The molecule has 0 fully saturated rings. The second-order valence-corrected chi connectivity index (χ2v) is 6.42. The molecule has 0 saturated carbocycles. The van der Waals surface area contributed by atoms with Gasteiger partial charge in [-0.3, -0.25) is 9.48 Å². The van der Waals surface area contributed by atoms with Crippen molar-refractivity contribution < 1.29 is 14.3 Å². The minimum atomic E-state index is -0.00232. The monoisotopic (exact) mass is 317 g/mol. The molecule has 114 valence electrons. The van der Waals surface area contributed by atoms with Crippen molar-refractivity contribution >= 4 is 23.5 Å². The third-order valence-electron chi connectivity index (χ3n) is 3.87. The SMILES string of the molecule is Cc1nn(C)c2c1[C@@H](c1ccc3c(c1)OCO3)SCC(=O)N2. The Bertz CT molecular complexity index is 772. The van der Waals surface area contributed by atoms with E-state index in [0.29, 0.717) is 5.75 Å². The lowest BCUT2D eigenvalue weighted by atomic mass is 10.0. The summed E-state index contributed by atoms with van der Waals surface area (Å²) in [7, 11) is 1.85. The molecule has 1 N–H and O–H groups in total. The van der Waals surface area contributed by atoms with Gasteiger partial charge in [0.05, 0.1) is 16.7 Å². The Hall–Kier alpha value is -2.15. The first kappa shape index (κ1) is 13.5. The number of aryl methyl sites for hydroxylation is 2. The molecule has 1 amide bonds. The highest BCUT2D eigenvalue weighted by Crippen LogP contribution is 2.45. The fourth-order valence-electron chi connectivity index (χ4n) is 2.89. The van der Waals surface area contributed by atoms with Crippen LogP contribution in [-0.2, 0) is 11.8 Å². The van der Waals surface area contributed by atoms with Gasteiger partial charge in [0.15, 0.2) is 11.5 Å². The fraction of sp³-hybridized carbons (Fsp3) is 0.333. The number of benzene rings is 1. The molecule has 2 aliphatic heterocycles. The molecule has 6 nitrogen and oxygen atoms in total. The number of amides is 1. The van der Waals surface area contributed by atoms with E-state index < -0.39 is 0 Å². The summed E-state index contributed by atoms with van der Waals surface area (Å²) in [5, 5.41) is 7.44. The molecule has 0 bridgehead atoms. The maximum Gasteiger partial charge on any atom is 0.235 e. The van der Waals surface area contributed by atoms with E-state index in [1.54, 1.807) is 16.4 Å². The molecule has 4 rings (SSSR count). The maximum absolute atomic E-state index is 12.0. The van der Waals surface area contributed by atoms with Crippen LogP contribution in [0, 0.1) is 6.92 Å². The normalized spacial score (nSPS) is 19.5. The number of thioether (sulfide) groups is 1. The summed E-state index contributed by atoms with van der Waals surface area (Å²) in [4.78, 5) is 12.0. The van der Waals surface area contributed by atoms with Crippen LogP contribution in [0.25, 0.3) is 0 Å². The minimum absolute atomic E-state index is 0.00232. The van der Waals surface area contributed by atoms with Crippen LogP contribution >= 0.6 is 11.8 Å². The molecule has 22 heavy (non-hydrogen) atoms. The lowest BCUT2D eigenvalue weighted by Gasteiger charge is -2.15. The van der Waals surface area contributed by atoms with Gasteiger partial charge in [0.25, 0.3) is 0 Å². The van der Waals surface area contributed by atoms with E-state index in [-0.39, 0.29) is 18.0 Å². The zero-order chi connectivity index (χ0) is 15.3. The lowest BCUT2D eigenvalue weighted by Crippen LogP contribution is -2.15. The van der Waals surface area contributed by atoms with Crippen molar-refractivity contribution in [2.24, 2.45) is 7.05 Å². The maximum atomic E-state index is 12.0. The third kappa shape index (κ3) is 2.04. The summed E-state index contributed by atoms with van der Waals surface area (Å²) in [5.41, 5.74) is 3.06. The average molecular weight is 317 g/mol. The standard InChI is InChI=1S/C15H15N3O3S/c1-8-13-14(9-3-4-10-11(5-9)21-7-20-10)22-6-12(19)16-15(13)18(2)17-8/h3-5,14H,6-7H2,1-2H3,(H,16,19)/t14-/m1/s1. The van der Waals surface area contributed by atoms with Crippen molar-refractivity contribution in [1.29, 1.82) is 0 Å². The molecule has 0 aliphatic carbocycles. The molecule has 0 spiro atoms. The number of fused-ring (bicyclic) bond motifs is 2. The number of rotatable bonds is 1. The summed E-state index contributed by atoms with van der Waals surface area (Å²) in [5.74, 6) is 2.70. The zero-order valence-corrected chi connectivity index (χ0v) is 13.1. The molecule has 1 aromatic carbocycles. The Morgan fingerprint density at radius 1 is 1.36 bits per heavy atom. The van der Waals surface area contributed by atoms with Crippen LogP contribution in [0.2, 0.25) is 0 Å². The predicted molar refractivity (Wildman–Crippen MR) is 83.4 cm³/mol. The van der Waals surface area contributed by atoms with Crippen molar-refractivity contribution in [3.8, 4) is 11.5 Å².